The number of terminal acetylenes is 1. The van der Waals surface area contributed by atoms with Crippen molar-refractivity contribution in [1.82, 2.24) is 19.0 Å². The maximum atomic E-state index is 12.2. The Morgan fingerprint density at radius 1 is 1.23 bits per heavy atom. The molecule has 0 unspecified atom stereocenters. The van der Waals surface area contributed by atoms with Crippen LogP contribution in [0.15, 0.2) is 18.2 Å². The second-order valence-electron chi connectivity index (χ2n) is 7.99. The van der Waals surface area contributed by atoms with Crippen LogP contribution in [-0.2, 0) is 34.3 Å². The van der Waals surface area contributed by atoms with Crippen LogP contribution >= 0.6 is 11.6 Å². The molecule has 0 bridgehead atoms. The van der Waals surface area contributed by atoms with Gasteiger partial charge in [0.1, 0.15) is 0 Å². The zero-order chi connectivity index (χ0) is 22.0. The third-order valence-corrected chi connectivity index (χ3v) is 7.49. The van der Waals surface area contributed by atoms with Gasteiger partial charge in [-0.1, -0.05) is 23.6 Å². The van der Waals surface area contributed by atoms with Crippen molar-refractivity contribution in [3.05, 3.63) is 40.0 Å². The second kappa shape index (κ2) is 9.31. The van der Waals surface area contributed by atoms with Gasteiger partial charge in [0.25, 0.3) is 0 Å². The van der Waals surface area contributed by atoms with Crippen molar-refractivity contribution in [3.8, 4) is 23.6 Å². The van der Waals surface area contributed by atoms with E-state index in [4.69, 9.17) is 27.9 Å². The monoisotopic (exact) mass is 462 g/mol. The van der Waals surface area contributed by atoms with E-state index in [1.807, 2.05) is 12.1 Å². The number of ether oxygens (including phenoxy) is 1. The van der Waals surface area contributed by atoms with Crippen molar-refractivity contribution in [2.24, 2.45) is 0 Å². The number of aromatic nitrogens is 2. The minimum Gasteiger partial charge on any atom is -0.379 e. The molecule has 0 amide bonds. The summed E-state index contributed by atoms with van der Waals surface area (Å²) in [5.41, 5.74) is 4.30. The van der Waals surface area contributed by atoms with E-state index in [0.717, 1.165) is 68.3 Å². The molecule has 4 rings (SSSR count). The maximum absolute atomic E-state index is 12.2. The average Bonchev–Trinajstić information content (AvgIpc) is 3.12. The van der Waals surface area contributed by atoms with Crippen LogP contribution in [-0.4, -0.2) is 73.1 Å². The molecule has 2 aliphatic heterocycles. The van der Waals surface area contributed by atoms with Crippen LogP contribution in [0.5, 0.6) is 0 Å². The lowest BCUT2D eigenvalue weighted by atomic mass is 10.0. The normalized spacial score (nSPS) is 18.0. The van der Waals surface area contributed by atoms with Crippen molar-refractivity contribution in [2.45, 2.75) is 25.9 Å². The zero-order valence-electron chi connectivity index (χ0n) is 17.7. The molecule has 2 aliphatic rings. The van der Waals surface area contributed by atoms with Crippen LogP contribution in [0.3, 0.4) is 0 Å². The van der Waals surface area contributed by atoms with E-state index in [0.29, 0.717) is 30.1 Å². The summed E-state index contributed by atoms with van der Waals surface area (Å²) in [6.07, 6.45) is 8.46. The number of aryl methyl sites for hydroxylation is 1. The Labute approximate surface area is 189 Å². The van der Waals surface area contributed by atoms with E-state index in [2.05, 4.69) is 15.5 Å². The fourth-order valence-electron chi connectivity index (χ4n) is 4.22. The number of fused-ring (bicyclic) bond motifs is 1. The van der Waals surface area contributed by atoms with Crippen LogP contribution in [0.2, 0.25) is 5.02 Å². The van der Waals surface area contributed by atoms with E-state index in [9.17, 15) is 8.42 Å². The molecule has 1 aromatic carbocycles. The third kappa shape index (κ3) is 4.97. The Kier molecular flexibility index (Phi) is 6.70. The Hall–Kier alpha value is -1.89. The molecule has 1 saturated heterocycles. The first-order valence-corrected chi connectivity index (χ1v) is 12.7. The lowest BCUT2D eigenvalue weighted by molar-refractivity contribution is 0.0368. The van der Waals surface area contributed by atoms with Crippen molar-refractivity contribution in [3.63, 3.8) is 0 Å². The molecule has 1 fully saturated rings. The van der Waals surface area contributed by atoms with Gasteiger partial charge in [0.2, 0.25) is 10.0 Å². The average molecular weight is 463 g/mol. The molecular formula is C22H27ClN4O3S. The largest absolute Gasteiger partial charge is 0.379 e. The second-order valence-corrected chi connectivity index (χ2v) is 10.4. The molecule has 1 aromatic heterocycles. The quantitative estimate of drug-likeness (QED) is 0.616. The molecule has 9 heteroatoms. The smallest absolute Gasteiger partial charge is 0.211 e. The first kappa shape index (κ1) is 22.3. The van der Waals surface area contributed by atoms with Gasteiger partial charge < -0.3 is 4.74 Å². The first-order valence-electron chi connectivity index (χ1n) is 10.5. The van der Waals surface area contributed by atoms with Gasteiger partial charge in [0.05, 0.1) is 30.2 Å². The molecule has 0 aliphatic carbocycles. The van der Waals surface area contributed by atoms with Gasteiger partial charge in [-0.25, -0.2) is 8.42 Å². The number of benzene rings is 1. The lowest BCUT2D eigenvalue weighted by Gasteiger charge is -2.27. The fraction of sp³-hybridized carbons (Fsp3) is 0.500. The molecule has 3 heterocycles. The third-order valence-electron chi connectivity index (χ3n) is 5.91. The van der Waals surface area contributed by atoms with Crippen molar-refractivity contribution < 1.29 is 13.2 Å². The molecule has 31 heavy (non-hydrogen) atoms. The topological polar surface area (TPSA) is 67.7 Å². The molecule has 166 valence electrons. The molecule has 0 spiro atoms. The number of morpholine rings is 1. The molecule has 0 radical (unpaired) electrons. The lowest BCUT2D eigenvalue weighted by Crippen LogP contribution is -2.37. The summed E-state index contributed by atoms with van der Waals surface area (Å²) in [5, 5.41) is 5.42. The van der Waals surface area contributed by atoms with Crippen LogP contribution in [0.1, 0.15) is 23.2 Å². The van der Waals surface area contributed by atoms with E-state index in [1.165, 1.54) is 10.6 Å². The zero-order valence-corrected chi connectivity index (χ0v) is 19.3. The van der Waals surface area contributed by atoms with E-state index >= 15 is 0 Å². The van der Waals surface area contributed by atoms with Gasteiger partial charge in [-0.05, 0) is 18.6 Å². The number of hydrogen-bond acceptors (Lipinski definition) is 5. The summed E-state index contributed by atoms with van der Waals surface area (Å²) in [6, 6.07) is 5.51. The Morgan fingerprint density at radius 3 is 2.71 bits per heavy atom. The van der Waals surface area contributed by atoms with Gasteiger partial charge in [-0.15, -0.1) is 6.42 Å². The van der Waals surface area contributed by atoms with Gasteiger partial charge in [-0.2, -0.15) is 9.40 Å². The molecule has 0 atom stereocenters. The van der Waals surface area contributed by atoms with Crippen LogP contribution in [0.4, 0.5) is 0 Å². The number of hydrogen-bond donors (Lipinski definition) is 0. The van der Waals surface area contributed by atoms with Crippen LogP contribution in [0.25, 0.3) is 11.3 Å². The highest BCUT2D eigenvalue weighted by Crippen LogP contribution is 2.32. The number of sulfonamides is 1. The highest BCUT2D eigenvalue weighted by Gasteiger charge is 2.29. The van der Waals surface area contributed by atoms with Gasteiger partial charge in [-0.3, -0.25) is 9.58 Å². The summed E-state index contributed by atoms with van der Waals surface area (Å²) in [5.74, 6) is 2.61. The van der Waals surface area contributed by atoms with Crippen molar-refractivity contribution >= 4 is 21.6 Å². The minimum absolute atomic E-state index is 0.320. The Bertz CT molecular complexity index is 1100. The minimum atomic E-state index is -3.28. The molecule has 7 nitrogen and oxygen atoms in total. The number of rotatable bonds is 6. The Balaban J connectivity index is 1.63. The summed E-state index contributed by atoms with van der Waals surface area (Å²) >= 11 is 6.19. The number of nitrogens with zero attached hydrogens (tertiary/aromatic N) is 4. The van der Waals surface area contributed by atoms with E-state index in [1.54, 1.807) is 6.07 Å². The molecular weight excluding hydrogens is 436 g/mol. The summed E-state index contributed by atoms with van der Waals surface area (Å²) < 4.78 is 33.3. The highest BCUT2D eigenvalue weighted by molar-refractivity contribution is 7.88. The van der Waals surface area contributed by atoms with E-state index in [-0.39, 0.29) is 0 Å². The highest BCUT2D eigenvalue weighted by atomic mass is 35.5. The number of halogens is 1. The first-order chi connectivity index (χ1) is 14.9. The predicted molar refractivity (Wildman–Crippen MR) is 121 cm³/mol. The van der Waals surface area contributed by atoms with Crippen molar-refractivity contribution in [2.75, 3.05) is 45.6 Å². The van der Waals surface area contributed by atoms with Crippen LogP contribution < -0.4 is 0 Å². The van der Waals surface area contributed by atoms with Gasteiger partial charge in [0.15, 0.2) is 0 Å². The van der Waals surface area contributed by atoms with E-state index < -0.39 is 10.0 Å². The summed E-state index contributed by atoms with van der Waals surface area (Å²) in [7, 11) is -3.28. The SMILES string of the molecule is C#Cc1cc(-c2nn(CCCN3CCOCC3)c3c2CN(S(C)(=O)=O)CC3)ccc1Cl. The summed E-state index contributed by atoms with van der Waals surface area (Å²) in [6.45, 7) is 6.07. The molecule has 0 N–H and O–H groups in total. The van der Waals surface area contributed by atoms with Gasteiger partial charge >= 0.3 is 0 Å². The van der Waals surface area contributed by atoms with Crippen molar-refractivity contribution in [1.29, 1.82) is 0 Å². The Morgan fingerprint density at radius 2 is 2.00 bits per heavy atom. The molecule has 0 saturated carbocycles. The predicted octanol–water partition coefficient (Wildman–Crippen LogP) is 2.22. The maximum Gasteiger partial charge on any atom is 0.211 e. The molecule has 2 aromatic rings. The standard InChI is InChI=1S/C22H27ClN4O3S/c1-3-17-15-18(5-6-20(17)23)22-19-16-26(31(2,28)29)10-7-21(19)27(24-22)9-4-8-25-11-13-30-14-12-25/h1,5-6,15H,4,7-14,16H2,2H3. The van der Waals surface area contributed by atoms with Gasteiger partial charge in [0, 0.05) is 68.1 Å². The summed E-state index contributed by atoms with van der Waals surface area (Å²) in [4.78, 5) is 2.41. The fourth-order valence-corrected chi connectivity index (χ4v) is 5.18. The van der Waals surface area contributed by atoms with Crippen LogP contribution in [0, 0.1) is 12.3 Å².